The molecule has 1 N–H and O–H groups in total. The first kappa shape index (κ1) is 20.7. The van der Waals surface area contributed by atoms with Crippen LogP contribution in [-0.4, -0.2) is 25.0 Å². The summed E-state index contributed by atoms with van der Waals surface area (Å²) < 4.78 is 6.03. The van der Waals surface area contributed by atoms with E-state index >= 15 is 0 Å². The highest BCUT2D eigenvalue weighted by Gasteiger charge is 2.37. The van der Waals surface area contributed by atoms with Gasteiger partial charge in [-0.2, -0.15) is 0 Å². The summed E-state index contributed by atoms with van der Waals surface area (Å²) in [4.78, 5) is 27.5. The average molecular weight is 387 g/mol. The second-order valence-electron chi connectivity index (χ2n) is 9.32. The molecule has 2 amide bonds. The van der Waals surface area contributed by atoms with E-state index in [1.807, 2.05) is 36.9 Å². The fourth-order valence-electron chi connectivity index (χ4n) is 3.94. The predicted molar refractivity (Wildman–Crippen MR) is 113 cm³/mol. The van der Waals surface area contributed by atoms with Crippen molar-refractivity contribution < 1.29 is 14.3 Å². The second kappa shape index (κ2) is 8.54. The molecule has 1 aliphatic heterocycles. The van der Waals surface area contributed by atoms with Crippen LogP contribution in [0.4, 0.5) is 11.4 Å². The molecule has 1 aromatic carbocycles. The number of carbonyl (C=O) groups is 2. The van der Waals surface area contributed by atoms with E-state index in [4.69, 9.17) is 4.74 Å². The van der Waals surface area contributed by atoms with Crippen LogP contribution >= 0.6 is 0 Å². The van der Waals surface area contributed by atoms with Gasteiger partial charge in [0, 0.05) is 24.2 Å². The molecule has 5 heteroatoms. The molecule has 0 atom stereocenters. The van der Waals surface area contributed by atoms with E-state index in [9.17, 15) is 9.59 Å². The molecule has 1 aliphatic carbocycles. The minimum atomic E-state index is -0.582. The molecule has 2 aliphatic rings. The fraction of sp³-hybridized carbons (Fsp3) is 0.652. The normalized spacial score (nSPS) is 19.8. The summed E-state index contributed by atoms with van der Waals surface area (Å²) in [6.45, 7) is 9.18. The molecule has 0 spiro atoms. The van der Waals surface area contributed by atoms with Gasteiger partial charge in [0.2, 0.25) is 11.8 Å². The molecule has 1 fully saturated rings. The van der Waals surface area contributed by atoms with E-state index in [1.165, 1.54) is 6.42 Å². The largest absolute Gasteiger partial charge is 0.490 e. The molecule has 28 heavy (non-hydrogen) atoms. The summed E-state index contributed by atoms with van der Waals surface area (Å²) >= 11 is 0. The van der Waals surface area contributed by atoms with Crippen molar-refractivity contribution in [1.82, 2.24) is 0 Å². The summed E-state index contributed by atoms with van der Waals surface area (Å²) in [5.74, 6) is 1.48. The summed E-state index contributed by atoms with van der Waals surface area (Å²) in [5, 5.41) is 3.06. The predicted octanol–water partition coefficient (Wildman–Crippen LogP) is 5.00. The zero-order valence-corrected chi connectivity index (χ0v) is 17.7. The number of nitrogens with one attached hydrogen (secondary N) is 1. The van der Waals surface area contributed by atoms with E-state index in [2.05, 4.69) is 19.2 Å². The molecule has 0 bridgehead atoms. The van der Waals surface area contributed by atoms with Crippen LogP contribution < -0.4 is 15.0 Å². The van der Waals surface area contributed by atoms with Crippen LogP contribution in [0.2, 0.25) is 0 Å². The molecule has 0 aromatic heterocycles. The van der Waals surface area contributed by atoms with E-state index in [-0.39, 0.29) is 17.7 Å². The van der Waals surface area contributed by atoms with Crippen LogP contribution in [0.25, 0.3) is 0 Å². The van der Waals surface area contributed by atoms with Crippen LogP contribution in [0.5, 0.6) is 5.75 Å². The van der Waals surface area contributed by atoms with Gasteiger partial charge in [0.25, 0.3) is 0 Å². The topological polar surface area (TPSA) is 58.6 Å². The molecular weight excluding hydrogens is 352 g/mol. The van der Waals surface area contributed by atoms with Gasteiger partial charge in [0.1, 0.15) is 12.4 Å². The number of anilines is 2. The van der Waals surface area contributed by atoms with Crippen LogP contribution in [0, 0.1) is 17.3 Å². The highest BCUT2D eigenvalue weighted by Crippen LogP contribution is 2.38. The van der Waals surface area contributed by atoms with E-state index in [1.54, 1.807) is 0 Å². The maximum Gasteiger partial charge on any atom is 0.236 e. The lowest BCUT2D eigenvalue weighted by Crippen LogP contribution is -2.42. The van der Waals surface area contributed by atoms with Gasteiger partial charge in [-0.15, -0.1) is 0 Å². The fourth-order valence-corrected chi connectivity index (χ4v) is 3.94. The van der Waals surface area contributed by atoms with Crippen molar-refractivity contribution in [2.45, 2.75) is 66.2 Å². The van der Waals surface area contributed by atoms with Crippen molar-refractivity contribution >= 4 is 23.2 Å². The average Bonchev–Trinajstić information content (AvgIpc) is 2.76. The number of benzene rings is 1. The van der Waals surface area contributed by atoms with Crippen LogP contribution in [0.15, 0.2) is 18.2 Å². The van der Waals surface area contributed by atoms with Gasteiger partial charge >= 0.3 is 0 Å². The molecule has 1 aromatic rings. The third-order valence-corrected chi connectivity index (χ3v) is 5.84. The Bertz CT molecular complexity index is 721. The van der Waals surface area contributed by atoms with Crippen LogP contribution in [0.3, 0.4) is 0 Å². The van der Waals surface area contributed by atoms with Crippen LogP contribution in [0.1, 0.15) is 66.2 Å². The van der Waals surface area contributed by atoms with Gasteiger partial charge in [0.15, 0.2) is 0 Å². The standard InChI is InChI=1S/C23H34N2O3/c1-16(2)12-13-25-19-11-10-18(24-21(26)17-8-6-5-7-9-17)14-20(19)28-15-23(3,4)22(25)27/h10-11,14,16-17H,5-9,12-13,15H2,1-4H3,(H,24,26). The molecule has 5 nitrogen and oxygen atoms in total. The number of hydrogen-bond donors (Lipinski definition) is 1. The Morgan fingerprint density at radius 3 is 2.64 bits per heavy atom. The van der Waals surface area contributed by atoms with Crippen LogP contribution in [-0.2, 0) is 9.59 Å². The van der Waals surface area contributed by atoms with Gasteiger partial charge in [-0.3, -0.25) is 9.59 Å². The molecule has 154 valence electrons. The summed E-state index contributed by atoms with van der Waals surface area (Å²) in [7, 11) is 0. The van der Waals surface area contributed by atoms with E-state index in [0.717, 1.165) is 43.5 Å². The molecule has 1 saturated carbocycles. The zero-order chi connectivity index (χ0) is 20.3. The summed E-state index contributed by atoms with van der Waals surface area (Å²) in [6.07, 6.45) is 6.37. The molecule has 3 rings (SSSR count). The van der Waals surface area contributed by atoms with E-state index < -0.39 is 5.41 Å². The maximum absolute atomic E-state index is 13.1. The van der Waals surface area contributed by atoms with Gasteiger partial charge in [-0.05, 0) is 51.2 Å². The molecule has 0 radical (unpaired) electrons. The monoisotopic (exact) mass is 386 g/mol. The van der Waals surface area contributed by atoms with Gasteiger partial charge in [0.05, 0.1) is 11.1 Å². The molecule has 1 heterocycles. The third kappa shape index (κ3) is 4.68. The Labute approximate surface area is 168 Å². The highest BCUT2D eigenvalue weighted by molar-refractivity contribution is 6.00. The van der Waals surface area contributed by atoms with Crippen molar-refractivity contribution in [3.63, 3.8) is 0 Å². The number of nitrogens with zero attached hydrogens (tertiary/aromatic N) is 1. The second-order valence-corrected chi connectivity index (χ2v) is 9.32. The van der Waals surface area contributed by atoms with Gasteiger partial charge in [-0.25, -0.2) is 0 Å². The number of carbonyl (C=O) groups excluding carboxylic acids is 2. The molecule has 0 unspecified atom stereocenters. The first-order valence-electron chi connectivity index (χ1n) is 10.7. The Hall–Kier alpha value is -2.04. The maximum atomic E-state index is 13.1. The molecular formula is C23H34N2O3. The first-order chi connectivity index (χ1) is 13.3. The highest BCUT2D eigenvalue weighted by atomic mass is 16.5. The Kier molecular flexibility index (Phi) is 6.31. The Balaban J connectivity index is 1.81. The van der Waals surface area contributed by atoms with Gasteiger partial charge in [-0.1, -0.05) is 33.1 Å². The van der Waals surface area contributed by atoms with Crippen molar-refractivity contribution in [3.8, 4) is 5.75 Å². The number of fused-ring (bicyclic) bond motifs is 1. The smallest absolute Gasteiger partial charge is 0.236 e. The van der Waals surface area contributed by atoms with Crippen molar-refractivity contribution in [1.29, 1.82) is 0 Å². The van der Waals surface area contributed by atoms with Crippen molar-refractivity contribution in [2.75, 3.05) is 23.4 Å². The summed E-state index contributed by atoms with van der Waals surface area (Å²) in [5.41, 5.74) is 0.957. The van der Waals surface area contributed by atoms with Crippen molar-refractivity contribution in [2.24, 2.45) is 17.3 Å². The zero-order valence-electron chi connectivity index (χ0n) is 17.7. The first-order valence-corrected chi connectivity index (χ1v) is 10.7. The lowest BCUT2D eigenvalue weighted by Gasteiger charge is -2.28. The number of ether oxygens (including phenoxy) is 1. The molecule has 0 saturated heterocycles. The Morgan fingerprint density at radius 1 is 1.25 bits per heavy atom. The minimum Gasteiger partial charge on any atom is -0.490 e. The lowest BCUT2D eigenvalue weighted by molar-refractivity contribution is -0.127. The summed E-state index contributed by atoms with van der Waals surface area (Å²) in [6, 6.07) is 5.66. The Morgan fingerprint density at radius 2 is 1.96 bits per heavy atom. The van der Waals surface area contributed by atoms with Crippen molar-refractivity contribution in [3.05, 3.63) is 18.2 Å². The number of hydrogen-bond acceptors (Lipinski definition) is 3. The minimum absolute atomic E-state index is 0.0888. The quantitative estimate of drug-likeness (QED) is 0.774. The SMILES string of the molecule is CC(C)CCN1C(=O)C(C)(C)COc2cc(NC(=O)C3CCCCC3)ccc21. The van der Waals surface area contributed by atoms with Gasteiger partial charge < -0.3 is 15.0 Å². The van der Waals surface area contributed by atoms with E-state index in [0.29, 0.717) is 24.8 Å². The lowest BCUT2D eigenvalue weighted by atomic mass is 9.88. The number of rotatable bonds is 5. The number of amides is 2. The third-order valence-electron chi connectivity index (χ3n) is 5.84.